The summed E-state index contributed by atoms with van der Waals surface area (Å²) in [6, 6.07) is 0. The second kappa shape index (κ2) is 16.6. The lowest BCUT2D eigenvalue weighted by atomic mass is 9.98. The fourth-order valence-electron chi connectivity index (χ4n) is 3.02. The molecule has 1 saturated heterocycles. The molecule has 0 aliphatic carbocycles. The van der Waals surface area contributed by atoms with Crippen LogP contribution in [0.25, 0.3) is 10.4 Å². The summed E-state index contributed by atoms with van der Waals surface area (Å²) in [6.07, 6.45) is -6.20. The van der Waals surface area contributed by atoms with Crippen LogP contribution in [0.2, 0.25) is 0 Å². The van der Waals surface area contributed by atoms with Crippen molar-refractivity contribution in [2.45, 2.75) is 58.4 Å². The number of hydrogen-bond acceptors (Lipinski definition) is 13. The normalized spacial score (nSPS) is 23.5. The molecule has 0 bridgehead atoms. The molecule has 1 rings (SSSR count). The Kier molecular flexibility index (Phi) is 14.3. The van der Waals surface area contributed by atoms with Crippen molar-refractivity contribution in [2.75, 3.05) is 46.2 Å². The van der Waals surface area contributed by atoms with Crippen molar-refractivity contribution in [2.24, 2.45) is 5.11 Å². The van der Waals surface area contributed by atoms with Gasteiger partial charge in [0.1, 0.15) is 12.7 Å². The summed E-state index contributed by atoms with van der Waals surface area (Å²) >= 11 is 0. The fraction of sp³-hybridized carbons (Fsp3) is 0.800. The van der Waals surface area contributed by atoms with Crippen molar-refractivity contribution in [3.63, 3.8) is 0 Å². The van der Waals surface area contributed by atoms with Crippen LogP contribution in [0.3, 0.4) is 0 Å². The molecule has 1 aliphatic rings. The Bertz CT molecular complexity index is 758. The van der Waals surface area contributed by atoms with Gasteiger partial charge in [-0.15, -0.1) is 0 Å². The van der Waals surface area contributed by atoms with Crippen molar-refractivity contribution in [1.29, 1.82) is 0 Å². The summed E-state index contributed by atoms with van der Waals surface area (Å²) in [7, 11) is 0. The first-order valence-electron chi connectivity index (χ1n) is 10.7. The number of azide groups is 1. The highest BCUT2D eigenvalue weighted by Gasteiger charge is 2.52. The van der Waals surface area contributed by atoms with E-state index in [1.165, 1.54) is 6.92 Å². The van der Waals surface area contributed by atoms with Crippen LogP contribution in [0.5, 0.6) is 0 Å². The number of carbonyl (C=O) groups excluding carboxylic acids is 4. The minimum Gasteiger partial charge on any atom is -0.463 e. The maximum atomic E-state index is 11.8. The van der Waals surface area contributed by atoms with Gasteiger partial charge < -0.3 is 37.9 Å². The van der Waals surface area contributed by atoms with Gasteiger partial charge in [-0.25, -0.2) is 0 Å². The molecule has 1 aliphatic heterocycles. The van der Waals surface area contributed by atoms with Crippen LogP contribution < -0.4 is 0 Å². The maximum Gasteiger partial charge on any atom is 0.303 e. The molecular weight excluding hydrogens is 474 g/mol. The fourth-order valence-corrected chi connectivity index (χ4v) is 3.02. The Morgan fingerprint density at radius 3 is 1.89 bits per heavy atom. The van der Waals surface area contributed by atoms with Gasteiger partial charge in [-0.2, -0.15) is 0 Å². The van der Waals surface area contributed by atoms with E-state index in [9.17, 15) is 19.2 Å². The number of carbonyl (C=O) groups is 4. The molecule has 1 heterocycles. The van der Waals surface area contributed by atoms with Gasteiger partial charge in [-0.1, -0.05) is 5.11 Å². The van der Waals surface area contributed by atoms with Gasteiger partial charge in [0.25, 0.3) is 0 Å². The van der Waals surface area contributed by atoms with E-state index in [1.807, 2.05) is 0 Å². The van der Waals surface area contributed by atoms with Gasteiger partial charge in [0.05, 0.1) is 33.0 Å². The first-order chi connectivity index (χ1) is 16.6. The molecule has 35 heavy (non-hydrogen) atoms. The second-order valence-corrected chi connectivity index (χ2v) is 7.12. The molecule has 0 amide bonds. The minimum absolute atomic E-state index is 0.0214. The van der Waals surface area contributed by atoms with Crippen LogP contribution in [0.15, 0.2) is 5.11 Å². The lowest BCUT2D eigenvalue weighted by Gasteiger charge is -2.44. The molecule has 0 aromatic carbocycles. The highest BCUT2D eigenvalue weighted by Crippen LogP contribution is 2.29. The third-order valence-electron chi connectivity index (χ3n) is 4.23. The van der Waals surface area contributed by atoms with Crippen LogP contribution in [-0.4, -0.2) is 101 Å². The molecule has 0 unspecified atom stereocenters. The largest absolute Gasteiger partial charge is 0.463 e. The molecule has 198 valence electrons. The number of ether oxygens (including phenoxy) is 8. The van der Waals surface area contributed by atoms with Gasteiger partial charge in [0.15, 0.2) is 24.6 Å². The van der Waals surface area contributed by atoms with Crippen LogP contribution in [0.1, 0.15) is 27.7 Å². The summed E-state index contributed by atoms with van der Waals surface area (Å²) in [6.45, 7) is 5.29. The van der Waals surface area contributed by atoms with Crippen LogP contribution in [-0.2, 0) is 57.1 Å². The van der Waals surface area contributed by atoms with Crippen LogP contribution in [0.4, 0.5) is 0 Å². The monoisotopic (exact) mass is 505 g/mol. The van der Waals surface area contributed by atoms with Crippen molar-refractivity contribution in [1.82, 2.24) is 0 Å². The van der Waals surface area contributed by atoms with E-state index >= 15 is 0 Å². The van der Waals surface area contributed by atoms with Gasteiger partial charge in [0.2, 0.25) is 0 Å². The first kappa shape index (κ1) is 30.1. The summed E-state index contributed by atoms with van der Waals surface area (Å²) in [5.41, 5.74) is 8.18. The van der Waals surface area contributed by atoms with Crippen molar-refractivity contribution >= 4 is 23.9 Å². The van der Waals surface area contributed by atoms with Gasteiger partial charge in [-0.05, 0) is 5.53 Å². The standard InChI is InChI=1S/C20H31N3O12/c1-12(24)31-11-16-17(32-13(2)25)18(33-14(3)26)19(34-15(4)27)20(35-16)30-10-9-29-8-7-28-6-5-22-23-21/h16-20H,5-11H2,1-4H3/t16-,17-,18+,19-,20-/m1/s1. The van der Waals surface area contributed by atoms with Gasteiger partial charge in [-0.3, -0.25) is 19.2 Å². The Morgan fingerprint density at radius 2 is 1.31 bits per heavy atom. The van der Waals surface area contributed by atoms with Crippen molar-refractivity contribution in [3.8, 4) is 0 Å². The topological polar surface area (TPSA) is 191 Å². The molecule has 0 N–H and O–H groups in total. The van der Waals surface area contributed by atoms with Gasteiger partial charge >= 0.3 is 23.9 Å². The predicted molar refractivity (Wildman–Crippen MR) is 114 cm³/mol. The Morgan fingerprint density at radius 1 is 0.771 bits per heavy atom. The molecule has 0 saturated carbocycles. The molecule has 0 spiro atoms. The first-order valence-corrected chi connectivity index (χ1v) is 10.7. The predicted octanol–water partition coefficient (Wildman–Crippen LogP) is 0.430. The molecule has 15 nitrogen and oxygen atoms in total. The summed E-state index contributed by atoms with van der Waals surface area (Å²) in [5.74, 6) is -2.80. The Balaban J connectivity index is 2.85. The molecule has 5 atom stereocenters. The zero-order valence-electron chi connectivity index (χ0n) is 20.1. The number of rotatable bonds is 15. The van der Waals surface area contributed by atoms with E-state index < -0.39 is 54.6 Å². The Hall–Kier alpha value is -2.97. The molecule has 15 heteroatoms. The summed E-state index contributed by atoms with van der Waals surface area (Å²) < 4.78 is 42.9. The molecular formula is C20H31N3O12. The third kappa shape index (κ3) is 12.3. The number of hydrogen-bond donors (Lipinski definition) is 0. The SMILES string of the molecule is CC(=O)OC[C@H]1O[C@@H](OCCOCCOCCN=[N+]=[N-])[C@H](OC(C)=O)[C@@H](OC(C)=O)[C@@H]1OC(C)=O. The number of esters is 4. The quantitative estimate of drug-likeness (QED) is 0.0745. The third-order valence-corrected chi connectivity index (χ3v) is 4.23. The van der Waals surface area contributed by atoms with Crippen LogP contribution in [0, 0.1) is 0 Å². The summed E-state index contributed by atoms with van der Waals surface area (Å²) in [5, 5.41) is 3.33. The zero-order valence-corrected chi connectivity index (χ0v) is 20.1. The van der Waals surface area contributed by atoms with Gasteiger partial charge in [0, 0.05) is 39.2 Å². The van der Waals surface area contributed by atoms with Crippen molar-refractivity contribution < 1.29 is 57.1 Å². The van der Waals surface area contributed by atoms with E-state index in [1.54, 1.807) is 0 Å². The average Bonchev–Trinajstić information content (AvgIpc) is 2.76. The lowest BCUT2D eigenvalue weighted by molar-refractivity contribution is -0.309. The lowest BCUT2D eigenvalue weighted by Crippen LogP contribution is -2.63. The molecule has 1 fully saturated rings. The van der Waals surface area contributed by atoms with E-state index in [-0.39, 0.29) is 46.2 Å². The van der Waals surface area contributed by atoms with Crippen LogP contribution >= 0.6 is 0 Å². The van der Waals surface area contributed by atoms with E-state index in [4.69, 9.17) is 43.4 Å². The molecule has 0 radical (unpaired) electrons. The molecule has 0 aromatic rings. The zero-order chi connectivity index (χ0) is 26.2. The molecule has 0 aromatic heterocycles. The highest BCUT2D eigenvalue weighted by molar-refractivity contribution is 5.68. The second-order valence-electron chi connectivity index (χ2n) is 7.12. The van der Waals surface area contributed by atoms with E-state index in [2.05, 4.69) is 10.0 Å². The van der Waals surface area contributed by atoms with E-state index in [0.717, 1.165) is 20.8 Å². The smallest absolute Gasteiger partial charge is 0.303 e. The average molecular weight is 505 g/mol. The number of nitrogens with zero attached hydrogens (tertiary/aromatic N) is 3. The maximum absolute atomic E-state index is 11.8. The Labute approximate surface area is 201 Å². The van der Waals surface area contributed by atoms with Crippen molar-refractivity contribution in [3.05, 3.63) is 10.4 Å². The minimum atomic E-state index is -1.30. The highest BCUT2D eigenvalue weighted by atomic mass is 16.7. The summed E-state index contributed by atoms with van der Waals surface area (Å²) in [4.78, 5) is 49.1. The van der Waals surface area contributed by atoms with E-state index in [0.29, 0.717) is 0 Å².